The molecule has 0 atom stereocenters. The molecule has 1 saturated heterocycles. The van der Waals surface area contributed by atoms with E-state index >= 15 is 4.39 Å². The molecule has 6 heteroatoms. The molecule has 3 nitrogen and oxygen atoms in total. The van der Waals surface area contributed by atoms with E-state index in [2.05, 4.69) is 11.7 Å². The van der Waals surface area contributed by atoms with E-state index in [1.807, 2.05) is 18.2 Å². The zero-order valence-electron chi connectivity index (χ0n) is 17.3. The topological polar surface area (TPSA) is 27.7 Å². The Morgan fingerprint density at radius 3 is 2.39 bits per heavy atom. The molecule has 0 aliphatic carbocycles. The predicted octanol–water partition coefficient (Wildman–Crippen LogP) is 6.44. The Labute approximate surface area is 179 Å². The maximum absolute atomic E-state index is 15.1. The van der Waals surface area contributed by atoms with E-state index in [4.69, 9.17) is 9.47 Å². The molecule has 1 heterocycles. The van der Waals surface area contributed by atoms with Crippen LogP contribution < -0.4 is 4.74 Å². The maximum Gasteiger partial charge on any atom is 0.387 e. The monoisotopic (exact) mass is 430 g/mol. The normalized spacial score (nSPS) is 19.1. The van der Waals surface area contributed by atoms with Crippen LogP contribution in [0.15, 0.2) is 54.6 Å². The molecule has 0 N–H and O–H groups in total. The van der Waals surface area contributed by atoms with E-state index in [1.165, 1.54) is 12.1 Å². The molecule has 0 spiro atoms. The number of benzene rings is 3. The van der Waals surface area contributed by atoms with Gasteiger partial charge in [0.25, 0.3) is 0 Å². The second kappa shape index (κ2) is 9.71. The van der Waals surface area contributed by atoms with E-state index in [0.717, 1.165) is 22.9 Å². The average molecular weight is 430 g/mol. The van der Waals surface area contributed by atoms with E-state index < -0.39 is 12.9 Å². The van der Waals surface area contributed by atoms with Crippen LogP contribution in [0.3, 0.4) is 0 Å². The molecule has 0 unspecified atom stereocenters. The Hall–Kier alpha value is -2.57. The molecular weight excluding hydrogens is 405 g/mol. The molecule has 0 radical (unpaired) electrons. The fourth-order valence-corrected chi connectivity index (χ4v) is 3.78. The molecule has 31 heavy (non-hydrogen) atoms. The highest BCUT2D eigenvalue weighted by Crippen LogP contribution is 2.30. The second-order valence-corrected chi connectivity index (χ2v) is 7.81. The fourth-order valence-electron chi connectivity index (χ4n) is 3.78. The van der Waals surface area contributed by atoms with Crippen LogP contribution in [0.4, 0.5) is 13.2 Å². The lowest BCUT2D eigenvalue weighted by atomic mass is 9.99. The summed E-state index contributed by atoms with van der Waals surface area (Å²) in [5.74, 6) is 0.297. The zero-order chi connectivity index (χ0) is 21.8. The Bertz CT molecular complexity index is 1010. The lowest BCUT2D eigenvalue weighted by molar-refractivity contribution is -0.205. The minimum absolute atomic E-state index is 0.113. The summed E-state index contributed by atoms with van der Waals surface area (Å²) >= 11 is 0. The van der Waals surface area contributed by atoms with Gasteiger partial charge in [0.05, 0.1) is 13.2 Å². The van der Waals surface area contributed by atoms with Crippen LogP contribution in [0.25, 0.3) is 10.8 Å². The Balaban J connectivity index is 1.44. The van der Waals surface area contributed by atoms with Gasteiger partial charge in [0, 0.05) is 16.9 Å². The van der Waals surface area contributed by atoms with Gasteiger partial charge < -0.3 is 14.2 Å². The first-order chi connectivity index (χ1) is 15.0. The standard InChI is InChI=1S/C25H25F3O3/c1-2-16-14-29-24(30-15-16)20-9-12-22-19(13-20)8-7-18(23(22)26)6-3-17-4-10-21(11-5-17)31-25(27)28/h4-5,7-13,16,24-25H,2-3,6,14-15H2,1H3. The number of halogens is 3. The average Bonchev–Trinajstić information content (AvgIpc) is 2.79. The van der Waals surface area contributed by atoms with Crippen molar-refractivity contribution in [1.82, 2.24) is 0 Å². The highest BCUT2D eigenvalue weighted by atomic mass is 19.3. The van der Waals surface area contributed by atoms with Gasteiger partial charge in [-0.15, -0.1) is 0 Å². The van der Waals surface area contributed by atoms with Crippen molar-refractivity contribution in [2.75, 3.05) is 13.2 Å². The number of hydrogen-bond donors (Lipinski definition) is 0. The number of hydrogen-bond acceptors (Lipinski definition) is 3. The van der Waals surface area contributed by atoms with Crippen molar-refractivity contribution < 1.29 is 27.4 Å². The summed E-state index contributed by atoms with van der Waals surface area (Å²) in [5.41, 5.74) is 2.43. The van der Waals surface area contributed by atoms with Gasteiger partial charge in [-0.3, -0.25) is 0 Å². The lowest BCUT2D eigenvalue weighted by Crippen LogP contribution is -2.26. The number of rotatable bonds is 7. The minimum Gasteiger partial charge on any atom is -0.435 e. The van der Waals surface area contributed by atoms with Gasteiger partial charge in [-0.25, -0.2) is 4.39 Å². The zero-order valence-corrected chi connectivity index (χ0v) is 17.3. The third kappa shape index (κ3) is 5.20. The van der Waals surface area contributed by atoms with Gasteiger partial charge in [0.2, 0.25) is 0 Å². The minimum atomic E-state index is -2.84. The van der Waals surface area contributed by atoms with Crippen molar-refractivity contribution in [2.45, 2.75) is 39.1 Å². The molecular formula is C25H25F3O3. The molecule has 0 saturated carbocycles. The van der Waals surface area contributed by atoms with Gasteiger partial charge in [-0.2, -0.15) is 8.78 Å². The number of alkyl halides is 2. The number of fused-ring (bicyclic) bond motifs is 1. The molecule has 0 aromatic heterocycles. The van der Waals surface area contributed by atoms with Crippen LogP contribution >= 0.6 is 0 Å². The predicted molar refractivity (Wildman–Crippen MR) is 113 cm³/mol. The first-order valence-corrected chi connectivity index (χ1v) is 10.5. The Morgan fingerprint density at radius 2 is 1.71 bits per heavy atom. The summed E-state index contributed by atoms with van der Waals surface area (Å²) in [6.45, 7) is 0.608. The van der Waals surface area contributed by atoms with Gasteiger partial charge >= 0.3 is 6.61 Å². The van der Waals surface area contributed by atoms with Crippen molar-refractivity contribution in [3.05, 3.63) is 77.1 Å². The molecule has 1 fully saturated rings. The molecule has 1 aliphatic heterocycles. The summed E-state index contributed by atoms with van der Waals surface area (Å²) < 4.78 is 55.6. The molecule has 0 amide bonds. The van der Waals surface area contributed by atoms with Crippen molar-refractivity contribution in [3.8, 4) is 5.75 Å². The van der Waals surface area contributed by atoms with E-state index in [-0.39, 0.29) is 11.6 Å². The smallest absolute Gasteiger partial charge is 0.387 e. The van der Waals surface area contributed by atoms with Crippen LogP contribution in [0.2, 0.25) is 0 Å². The summed E-state index contributed by atoms with van der Waals surface area (Å²) in [4.78, 5) is 0. The summed E-state index contributed by atoms with van der Waals surface area (Å²) in [6.07, 6.45) is 1.71. The molecule has 4 rings (SSSR count). The number of ether oxygens (including phenoxy) is 3. The highest BCUT2D eigenvalue weighted by molar-refractivity contribution is 5.84. The Kier molecular flexibility index (Phi) is 6.78. The SMILES string of the molecule is CCC1COC(c2ccc3c(F)c(CCc4ccc(OC(F)F)cc4)ccc3c2)OC1. The number of aryl methyl sites for hydroxylation is 2. The molecule has 3 aromatic carbocycles. The fraction of sp³-hybridized carbons (Fsp3) is 0.360. The highest BCUT2D eigenvalue weighted by Gasteiger charge is 2.23. The molecule has 3 aromatic rings. The van der Waals surface area contributed by atoms with Crippen LogP contribution in [0, 0.1) is 11.7 Å². The van der Waals surface area contributed by atoms with Crippen LogP contribution in [0.5, 0.6) is 5.75 Å². The van der Waals surface area contributed by atoms with Crippen LogP contribution in [0.1, 0.15) is 36.3 Å². The molecule has 164 valence electrons. The van der Waals surface area contributed by atoms with Crippen molar-refractivity contribution in [2.24, 2.45) is 5.92 Å². The summed E-state index contributed by atoms with van der Waals surface area (Å²) in [6, 6.07) is 15.7. The van der Waals surface area contributed by atoms with E-state index in [1.54, 1.807) is 24.3 Å². The third-order valence-electron chi connectivity index (χ3n) is 5.71. The Morgan fingerprint density at radius 1 is 0.968 bits per heavy atom. The van der Waals surface area contributed by atoms with Crippen molar-refractivity contribution in [1.29, 1.82) is 0 Å². The van der Waals surface area contributed by atoms with E-state index in [9.17, 15) is 8.78 Å². The van der Waals surface area contributed by atoms with Crippen LogP contribution in [-0.2, 0) is 22.3 Å². The van der Waals surface area contributed by atoms with Gasteiger partial charge in [0.15, 0.2) is 6.29 Å². The van der Waals surface area contributed by atoms with Crippen LogP contribution in [-0.4, -0.2) is 19.8 Å². The van der Waals surface area contributed by atoms with Gasteiger partial charge in [0.1, 0.15) is 11.6 Å². The third-order valence-corrected chi connectivity index (χ3v) is 5.71. The first kappa shape index (κ1) is 21.7. The summed E-state index contributed by atoms with van der Waals surface area (Å²) in [5, 5.41) is 1.36. The first-order valence-electron chi connectivity index (χ1n) is 10.5. The maximum atomic E-state index is 15.1. The van der Waals surface area contributed by atoms with Gasteiger partial charge in [-0.05, 0) is 54.0 Å². The quantitative estimate of drug-likeness (QED) is 0.432. The largest absolute Gasteiger partial charge is 0.435 e. The molecule has 0 bridgehead atoms. The van der Waals surface area contributed by atoms with Crippen molar-refractivity contribution >= 4 is 10.8 Å². The van der Waals surface area contributed by atoms with Crippen molar-refractivity contribution in [3.63, 3.8) is 0 Å². The second-order valence-electron chi connectivity index (χ2n) is 7.81. The lowest BCUT2D eigenvalue weighted by Gasteiger charge is -2.29. The van der Waals surface area contributed by atoms with E-state index in [0.29, 0.717) is 42.9 Å². The van der Waals surface area contributed by atoms with Gasteiger partial charge in [-0.1, -0.05) is 43.3 Å². The summed E-state index contributed by atoms with van der Waals surface area (Å²) in [7, 11) is 0. The molecule has 1 aliphatic rings.